The number of hydrogen-bond acceptors (Lipinski definition) is 5. The highest BCUT2D eigenvalue weighted by atomic mass is 16.5. The van der Waals surface area contributed by atoms with Crippen LogP contribution in [0.4, 0.5) is 0 Å². The smallest absolute Gasteiger partial charge is 0.273 e. The Hall–Kier alpha value is -2.89. The van der Waals surface area contributed by atoms with Gasteiger partial charge in [-0.15, -0.1) is 0 Å². The van der Waals surface area contributed by atoms with Crippen molar-refractivity contribution in [2.75, 3.05) is 0 Å². The van der Waals surface area contributed by atoms with E-state index in [-0.39, 0.29) is 18.6 Å². The molecule has 0 aliphatic heterocycles. The van der Waals surface area contributed by atoms with Crippen LogP contribution in [0.5, 0.6) is 5.75 Å². The number of pyridine rings is 1. The monoisotopic (exact) mass is 323 g/mol. The first-order valence-corrected chi connectivity index (χ1v) is 8.01. The third kappa shape index (κ3) is 3.08. The highest BCUT2D eigenvalue weighted by Crippen LogP contribution is 2.20. The van der Waals surface area contributed by atoms with Crippen molar-refractivity contribution in [2.45, 2.75) is 31.9 Å². The Labute approximate surface area is 138 Å². The van der Waals surface area contributed by atoms with E-state index in [1.807, 2.05) is 30.3 Å². The maximum Gasteiger partial charge on any atom is 0.273 e. The average Bonchev–Trinajstić information content (AvgIpc) is 3.05. The zero-order chi connectivity index (χ0) is 16.4. The van der Waals surface area contributed by atoms with E-state index in [9.17, 15) is 4.79 Å². The largest absolute Gasteiger partial charge is 0.484 e. The Bertz CT molecular complexity index is 871. The molecule has 122 valence electrons. The Morgan fingerprint density at radius 1 is 1.33 bits per heavy atom. The SMILES string of the molecule is O=C(NC1CCC1)c1coc(COc2ccc3ncccc3c2)n1. The van der Waals surface area contributed by atoms with Crippen molar-refractivity contribution < 1.29 is 13.9 Å². The summed E-state index contributed by atoms with van der Waals surface area (Å²) in [4.78, 5) is 20.5. The fourth-order valence-electron chi connectivity index (χ4n) is 2.58. The molecule has 1 amide bonds. The number of ether oxygens (including phenoxy) is 1. The van der Waals surface area contributed by atoms with Gasteiger partial charge in [0.15, 0.2) is 12.3 Å². The van der Waals surface area contributed by atoms with Crippen molar-refractivity contribution in [1.82, 2.24) is 15.3 Å². The number of nitrogens with zero attached hydrogens (tertiary/aromatic N) is 2. The fraction of sp³-hybridized carbons (Fsp3) is 0.278. The van der Waals surface area contributed by atoms with Crippen LogP contribution in [0.25, 0.3) is 10.9 Å². The van der Waals surface area contributed by atoms with Crippen molar-refractivity contribution in [2.24, 2.45) is 0 Å². The first-order valence-electron chi connectivity index (χ1n) is 8.01. The molecular weight excluding hydrogens is 306 g/mol. The molecular formula is C18H17N3O3. The van der Waals surface area contributed by atoms with Crippen LogP contribution in [0, 0.1) is 0 Å². The molecule has 2 aromatic heterocycles. The van der Waals surface area contributed by atoms with Crippen LogP contribution in [0.1, 0.15) is 35.6 Å². The van der Waals surface area contributed by atoms with Crippen molar-refractivity contribution in [3.63, 3.8) is 0 Å². The molecule has 2 heterocycles. The van der Waals surface area contributed by atoms with Crippen LogP contribution in [0.3, 0.4) is 0 Å². The number of carbonyl (C=O) groups excluding carboxylic acids is 1. The number of hydrogen-bond donors (Lipinski definition) is 1. The van der Waals surface area contributed by atoms with Crippen molar-refractivity contribution in [3.05, 3.63) is 54.4 Å². The molecule has 1 saturated carbocycles. The number of rotatable bonds is 5. The van der Waals surface area contributed by atoms with E-state index in [4.69, 9.17) is 9.15 Å². The molecule has 0 unspecified atom stereocenters. The maximum atomic E-state index is 12.0. The fourth-order valence-corrected chi connectivity index (χ4v) is 2.58. The number of fused-ring (bicyclic) bond motifs is 1. The molecule has 1 aliphatic carbocycles. The normalized spacial score (nSPS) is 14.3. The number of nitrogens with one attached hydrogen (secondary N) is 1. The average molecular weight is 323 g/mol. The predicted molar refractivity (Wildman–Crippen MR) is 87.7 cm³/mol. The quantitative estimate of drug-likeness (QED) is 0.781. The highest BCUT2D eigenvalue weighted by Gasteiger charge is 2.21. The molecule has 0 spiro atoms. The minimum atomic E-state index is -0.188. The lowest BCUT2D eigenvalue weighted by Gasteiger charge is -2.25. The maximum absolute atomic E-state index is 12.0. The van der Waals surface area contributed by atoms with Gasteiger partial charge >= 0.3 is 0 Å². The first kappa shape index (κ1) is 14.7. The van der Waals surface area contributed by atoms with Crippen LogP contribution in [-0.2, 0) is 6.61 Å². The summed E-state index contributed by atoms with van der Waals surface area (Å²) in [5.41, 5.74) is 1.21. The Morgan fingerprint density at radius 3 is 3.08 bits per heavy atom. The van der Waals surface area contributed by atoms with E-state index < -0.39 is 0 Å². The summed E-state index contributed by atoms with van der Waals surface area (Å²) in [6, 6.07) is 9.80. The Morgan fingerprint density at radius 2 is 2.25 bits per heavy atom. The van der Waals surface area contributed by atoms with Gasteiger partial charge in [0.05, 0.1) is 5.52 Å². The third-order valence-electron chi connectivity index (χ3n) is 4.16. The molecule has 0 bridgehead atoms. The summed E-state index contributed by atoms with van der Waals surface area (Å²) in [6.07, 6.45) is 6.37. The van der Waals surface area contributed by atoms with E-state index in [1.54, 1.807) is 6.20 Å². The summed E-state index contributed by atoms with van der Waals surface area (Å²) < 4.78 is 11.0. The zero-order valence-corrected chi connectivity index (χ0v) is 13.1. The summed E-state index contributed by atoms with van der Waals surface area (Å²) in [5.74, 6) is 0.890. The molecule has 24 heavy (non-hydrogen) atoms. The minimum absolute atomic E-state index is 0.169. The van der Waals surface area contributed by atoms with Crippen LogP contribution in [-0.4, -0.2) is 21.9 Å². The van der Waals surface area contributed by atoms with Gasteiger partial charge in [0.2, 0.25) is 5.89 Å². The van der Waals surface area contributed by atoms with Gasteiger partial charge in [-0.25, -0.2) is 4.98 Å². The molecule has 4 rings (SSSR count). The predicted octanol–water partition coefficient (Wildman–Crippen LogP) is 3.08. The van der Waals surface area contributed by atoms with Crippen LogP contribution < -0.4 is 10.1 Å². The van der Waals surface area contributed by atoms with E-state index in [0.29, 0.717) is 17.3 Å². The second kappa shape index (κ2) is 6.31. The Balaban J connectivity index is 1.39. The van der Waals surface area contributed by atoms with Crippen molar-refractivity contribution in [1.29, 1.82) is 0 Å². The van der Waals surface area contributed by atoms with E-state index in [0.717, 1.165) is 23.7 Å². The van der Waals surface area contributed by atoms with Gasteiger partial charge < -0.3 is 14.5 Å². The van der Waals surface area contributed by atoms with Crippen LogP contribution in [0.2, 0.25) is 0 Å². The van der Waals surface area contributed by atoms with E-state index in [1.165, 1.54) is 12.7 Å². The number of amides is 1. The van der Waals surface area contributed by atoms with Crippen molar-refractivity contribution in [3.8, 4) is 5.75 Å². The number of aromatic nitrogens is 2. The summed E-state index contributed by atoms with van der Waals surface area (Å²) in [6.45, 7) is 0.169. The summed E-state index contributed by atoms with van der Waals surface area (Å²) in [7, 11) is 0. The molecule has 0 atom stereocenters. The molecule has 1 aliphatic rings. The van der Waals surface area contributed by atoms with Gasteiger partial charge in [0.1, 0.15) is 12.0 Å². The molecule has 3 aromatic rings. The van der Waals surface area contributed by atoms with Gasteiger partial charge in [-0.1, -0.05) is 6.07 Å². The van der Waals surface area contributed by atoms with E-state index >= 15 is 0 Å². The zero-order valence-electron chi connectivity index (χ0n) is 13.1. The third-order valence-corrected chi connectivity index (χ3v) is 4.16. The van der Waals surface area contributed by atoms with E-state index in [2.05, 4.69) is 15.3 Å². The molecule has 6 heteroatoms. The number of benzene rings is 1. The molecule has 6 nitrogen and oxygen atoms in total. The van der Waals surface area contributed by atoms with Gasteiger partial charge in [-0.3, -0.25) is 9.78 Å². The number of carbonyl (C=O) groups is 1. The van der Waals surface area contributed by atoms with Gasteiger partial charge in [-0.05, 0) is 43.5 Å². The highest BCUT2D eigenvalue weighted by molar-refractivity contribution is 5.92. The topological polar surface area (TPSA) is 77.2 Å². The summed E-state index contributed by atoms with van der Waals surface area (Å²) >= 11 is 0. The van der Waals surface area contributed by atoms with Crippen LogP contribution in [0.15, 0.2) is 47.2 Å². The standard InChI is InChI=1S/C18H17N3O3/c22-18(20-13-4-1-5-13)16-10-24-17(21-16)11-23-14-6-7-15-12(9-14)3-2-8-19-15/h2-3,6-10,13H,1,4-5,11H2,(H,20,22). The number of oxazole rings is 1. The van der Waals surface area contributed by atoms with Gasteiger partial charge in [0.25, 0.3) is 5.91 Å². The summed E-state index contributed by atoms with van der Waals surface area (Å²) in [5, 5.41) is 3.93. The molecule has 0 saturated heterocycles. The lowest BCUT2D eigenvalue weighted by molar-refractivity contribution is 0.0911. The Kier molecular flexibility index (Phi) is 3.86. The first-order chi connectivity index (χ1) is 11.8. The second-order valence-electron chi connectivity index (χ2n) is 5.87. The molecule has 1 N–H and O–H groups in total. The van der Waals surface area contributed by atoms with Crippen molar-refractivity contribution >= 4 is 16.8 Å². The molecule has 0 radical (unpaired) electrons. The molecule has 1 fully saturated rings. The second-order valence-corrected chi connectivity index (χ2v) is 5.87. The lowest BCUT2D eigenvalue weighted by Crippen LogP contribution is -2.39. The van der Waals surface area contributed by atoms with Gasteiger partial charge in [0, 0.05) is 17.6 Å². The minimum Gasteiger partial charge on any atom is -0.484 e. The molecule has 1 aromatic carbocycles. The lowest BCUT2D eigenvalue weighted by atomic mass is 9.93. The van der Waals surface area contributed by atoms with Gasteiger partial charge in [-0.2, -0.15) is 0 Å². The van der Waals surface area contributed by atoms with Crippen LogP contribution >= 0.6 is 0 Å².